The Morgan fingerprint density at radius 3 is 2.93 bits per heavy atom. The average Bonchev–Trinajstić information content (AvgIpc) is 3.15. The number of amides is 2. The van der Waals surface area contributed by atoms with E-state index < -0.39 is 0 Å². The zero-order valence-corrected chi connectivity index (χ0v) is 15.7. The van der Waals surface area contributed by atoms with Crippen LogP contribution in [0.1, 0.15) is 19.4 Å². The third-order valence-electron chi connectivity index (χ3n) is 4.73. The van der Waals surface area contributed by atoms with Crippen LogP contribution in [0.2, 0.25) is 0 Å². The second-order valence-electron chi connectivity index (χ2n) is 7.22. The molecule has 2 heterocycles. The number of aromatic nitrogens is 2. The van der Waals surface area contributed by atoms with Gasteiger partial charge in [-0.25, -0.2) is 14.2 Å². The van der Waals surface area contributed by atoms with Crippen molar-refractivity contribution in [1.29, 1.82) is 0 Å². The Hall–Kier alpha value is -2.45. The van der Waals surface area contributed by atoms with E-state index in [0.717, 1.165) is 19.7 Å². The van der Waals surface area contributed by atoms with E-state index in [0.29, 0.717) is 24.4 Å². The predicted molar refractivity (Wildman–Crippen MR) is 100 cm³/mol. The molecule has 1 fully saturated rings. The Labute approximate surface area is 158 Å². The van der Waals surface area contributed by atoms with Gasteiger partial charge in [0.2, 0.25) is 0 Å². The van der Waals surface area contributed by atoms with Crippen molar-refractivity contribution in [3.8, 4) is 5.69 Å². The van der Waals surface area contributed by atoms with Crippen molar-refractivity contribution >= 4 is 6.03 Å². The van der Waals surface area contributed by atoms with E-state index in [1.807, 2.05) is 0 Å². The SMILES string of the molecule is CC1(C)COCCN1CCNC(=O)NCc1ccc(-n2ccnc2)c(F)c1. The lowest BCUT2D eigenvalue weighted by molar-refractivity contribution is -0.0497. The number of rotatable bonds is 6. The van der Waals surface area contributed by atoms with E-state index in [-0.39, 0.29) is 23.9 Å². The highest BCUT2D eigenvalue weighted by Crippen LogP contribution is 2.18. The minimum atomic E-state index is -0.359. The van der Waals surface area contributed by atoms with Crippen LogP contribution in [0.3, 0.4) is 0 Å². The van der Waals surface area contributed by atoms with Gasteiger partial charge in [0, 0.05) is 44.1 Å². The summed E-state index contributed by atoms with van der Waals surface area (Å²) in [6, 6.07) is 4.62. The molecule has 1 aliphatic heterocycles. The van der Waals surface area contributed by atoms with Gasteiger partial charge < -0.3 is 19.9 Å². The Kier molecular flexibility index (Phi) is 6.08. The fourth-order valence-corrected chi connectivity index (χ4v) is 3.13. The zero-order chi connectivity index (χ0) is 19.3. The van der Waals surface area contributed by atoms with Gasteiger partial charge >= 0.3 is 6.03 Å². The van der Waals surface area contributed by atoms with E-state index in [4.69, 9.17) is 4.74 Å². The molecular formula is C19H26FN5O2. The smallest absolute Gasteiger partial charge is 0.315 e. The fraction of sp³-hybridized carbons (Fsp3) is 0.474. The Morgan fingerprint density at radius 1 is 1.37 bits per heavy atom. The van der Waals surface area contributed by atoms with Crippen molar-refractivity contribution in [2.75, 3.05) is 32.8 Å². The molecule has 1 aromatic carbocycles. The molecule has 8 heteroatoms. The normalized spacial score (nSPS) is 16.9. The number of morpholine rings is 1. The number of ether oxygens (including phenoxy) is 1. The zero-order valence-electron chi connectivity index (χ0n) is 15.7. The number of halogens is 1. The van der Waals surface area contributed by atoms with Crippen LogP contribution in [-0.4, -0.2) is 58.9 Å². The van der Waals surface area contributed by atoms with Gasteiger partial charge in [0.05, 0.1) is 25.2 Å². The number of nitrogens with zero attached hydrogens (tertiary/aromatic N) is 3. The van der Waals surface area contributed by atoms with Crippen molar-refractivity contribution in [2.45, 2.75) is 25.9 Å². The number of benzene rings is 1. The number of imidazole rings is 1. The molecule has 0 spiro atoms. The van der Waals surface area contributed by atoms with Crippen LogP contribution in [0.15, 0.2) is 36.9 Å². The van der Waals surface area contributed by atoms with Gasteiger partial charge in [0.1, 0.15) is 5.82 Å². The minimum absolute atomic E-state index is 0.0229. The first-order chi connectivity index (χ1) is 13.0. The van der Waals surface area contributed by atoms with Crippen LogP contribution in [0.4, 0.5) is 9.18 Å². The summed E-state index contributed by atoms with van der Waals surface area (Å²) in [5, 5.41) is 5.61. The summed E-state index contributed by atoms with van der Waals surface area (Å²) in [6.07, 6.45) is 4.82. The first-order valence-corrected chi connectivity index (χ1v) is 9.07. The molecule has 0 aliphatic carbocycles. The Morgan fingerprint density at radius 2 is 2.22 bits per heavy atom. The van der Waals surface area contributed by atoms with Gasteiger partial charge in [0.25, 0.3) is 0 Å². The number of hydrogen-bond donors (Lipinski definition) is 2. The molecule has 1 aromatic heterocycles. The molecule has 0 saturated carbocycles. The topological polar surface area (TPSA) is 71.4 Å². The minimum Gasteiger partial charge on any atom is -0.378 e. The van der Waals surface area contributed by atoms with E-state index in [1.165, 1.54) is 6.07 Å². The molecule has 2 amide bonds. The van der Waals surface area contributed by atoms with Gasteiger partial charge in [-0.1, -0.05) is 6.07 Å². The number of nitrogens with one attached hydrogen (secondary N) is 2. The lowest BCUT2D eigenvalue weighted by Crippen LogP contribution is -2.55. The monoisotopic (exact) mass is 375 g/mol. The van der Waals surface area contributed by atoms with Gasteiger partial charge in [-0.05, 0) is 31.5 Å². The van der Waals surface area contributed by atoms with Crippen molar-refractivity contribution in [3.05, 3.63) is 48.3 Å². The van der Waals surface area contributed by atoms with Crippen LogP contribution < -0.4 is 10.6 Å². The van der Waals surface area contributed by atoms with Crippen LogP contribution >= 0.6 is 0 Å². The third-order valence-corrected chi connectivity index (χ3v) is 4.73. The van der Waals surface area contributed by atoms with Crippen LogP contribution in [-0.2, 0) is 11.3 Å². The lowest BCUT2D eigenvalue weighted by Gasteiger charge is -2.42. The van der Waals surface area contributed by atoms with Gasteiger partial charge in [-0.15, -0.1) is 0 Å². The molecule has 1 aliphatic rings. The van der Waals surface area contributed by atoms with Crippen molar-refractivity contribution < 1.29 is 13.9 Å². The highest BCUT2D eigenvalue weighted by Gasteiger charge is 2.29. The molecule has 0 unspecified atom stereocenters. The van der Waals surface area contributed by atoms with Crippen molar-refractivity contribution in [3.63, 3.8) is 0 Å². The van der Waals surface area contributed by atoms with Crippen molar-refractivity contribution in [1.82, 2.24) is 25.1 Å². The number of urea groups is 1. The van der Waals surface area contributed by atoms with Gasteiger partial charge in [-0.2, -0.15) is 0 Å². The van der Waals surface area contributed by atoms with E-state index in [9.17, 15) is 9.18 Å². The maximum atomic E-state index is 14.2. The Balaban J connectivity index is 1.43. The average molecular weight is 375 g/mol. The van der Waals surface area contributed by atoms with E-state index in [2.05, 4.69) is 34.4 Å². The second-order valence-corrected chi connectivity index (χ2v) is 7.22. The highest BCUT2D eigenvalue weighted by atomic mass is 19.1. The van der Waals surface area contributed by atoms with E-state index in [1.54, 1.807) is 35.4 Å². The van der Waals surface area contributed by atoms with Gasteiger partial charge in [0.15, 0.2) is 0 Å². The number of carbonyl (C=O) groups excluding carboxylic acids is 1. The maximum Gasteiger partial charge on any atom is 0.315 e. The molecular weight excluding hydrogens is 349 g/mol. The molecule has 0 bridgehead atoms. The first kappa shape index (κ1) is 19.3. The summed E-state index contributed by atoms with van der Waals surface area (Å²) in [6.45, 7) is 8.11. The first-order valence-electron chi connectivity index (χ1n) is 9.07. The van der Waals surface area contributed by atoms with Crippen molar-refractivity contribution in [2.24, 2.45) is 0 Å². The lowest BCUT2D eigenvalue weighted by atomic mass is 10.0. The van der Waals surface area contributed by atoms with E-state index >= 15 is 0 Å². The largest absolute Gasteiger partial charge is 0.378 e. The third kappa shape index (κ3) is 5.05. The van der Waals surface area contributed by atoms with Gasteiger partial charge in [-0.3, -0.25) is 4.90 Å². The maximum absolute atomic E-state index is 14.2. The molecule has 2 aromatic rings. The second kappa shape index (κ2) is 8.49. The summed E-state index contributed by atoms with van der Waals surface area (Å²) in [4.78, 5) is 18.2. The molecule has 1 saturated heterocycles. The molecule has 0 radical (unpaired) electrons. The number of hydrogen-bond acceptors (Lipinski definition) is 4. The summed E-state index contributed by atoms with van der Waals surface area (Å²) < 4.78 is 21.3. The standard InChI is InChI=1S/C19H26FN5O2/c1-19(2)13-27-10-9-25(19)8-6-22-18(26)23-12-15-3-4-17(16(20)11-15)24-7-5-21-14-24/h3-5,7,11,14H,6,8-10,12-13H2,1-2H3,(H2,22,23,26). The predicted octanol–water partition coefficient (Wildman–Crippen LogP) is 1.92. The highest BCUT2D eigenvalue weighted by molar-refractivity contribution is 5.73. The fourth-order valence-electron chi connectivity index (χ4n) is 3.13. The van der Waals surface area contributed by atoms with Crippen LogP contribution in [0.5, 0.6) is 0 Å². The van der Waals surface area contributed by atoms with Crippen LogP contribution in [0.25, 0.3) is 5.69 Å². The summed E-state index contributed by atoms with van der Waals surface area (Å²) in [7, 11) is 0. The number of carbonyl (C=O) groups is 1. The Bertz CT molecular complexity index is 763. The van der Waals surface area contributed by atoms with Crippen LogP contribution in [0, 0.1) is 5.82 Å². The summed E-state index contributed by atoms with van der Waals surface area (Å²) >= 11 is 0. The molecule has 27 heavy (non-hydrogen) atoms. The molecule has 2 N–H and O–H groups in total. The quantitative estimate of drug-likeness (QED) is 0.809. The molecule has 7 nitrogen and oxygen atoms in total. The molecule has 3 rings (SSSR count). The molecule has 0 atom stereocenters. The summed E-state index contributed by atoms with van der Waals surface area (Å²) in [5.74, 6) is -0.359. The molecule has 146 valence electrons. The summed E-state index contributed by atoms with van der Waals surface area (Å²) in [5.41, 5.74) is 1.10.